The Morgan fingerprint density at radius 2 is 1.89 bits per heavy atom. The third-order valence-electron chi connectivity index (χ3n) is 1.49. The number of aromatic nitrogens is 2. The Morgan fingerprint density at radius 3 is 2.39 bits per heavy atom. The summed E-state index contributed by atoms with van der Waals surface area (Å²) < 4.78 is 0.439. The minimum atomic E-state index is -0.561. The molecule has 1 aromatic heterocycles. The molecule has 0 saturated carbocycles. The smallest absolute Gasteiger partial charge is 0.380 e. The minimum absolute atomic E-state index is 0.0272. The van der Waals surface area contributed by atoms with E-state index in [1.807, 2.05) is 0 Å². The normalized spacial score (nSPS) is 12.2. The van der Waals surface area contributed by atoms with Crippen molar-refractivity contribution in [3.05, 3.63) is 24.9 Å². The summed E-state index contributed by atoms with van der Waals surface area (Å²) >= 11 is 6.17. The first kappa shape index (κ1) is 14.8. The fourth-order valence-electron chi connectivity index (χ4n) is 0.926. The molecule has 0 aromatic carbocycles. The van der Waals surface area contributed by atoms with E-state index in [0.717, 1.165) is 0 Å². The van der Waals surface area contributed by atoms with Gasteiger partial charge in [-0.15, -0.1) is 9.97 Å². The maximum atomic E-state index is 11.8. The van der Waals surface area contributed by atoms with Gasteiger partial charge in [0.05, 0.1) is 5.54 Å². The molecule has 8 nitrogen and oxygen atoms in total. The van der Waals surface area contributed by atoms with Gasteiger partial charge < -0.3 is 5.21 Å². The van der Waals surface area contributed by atoms with E-state index in [2.05, 4.69) is 57.0 Å². The van der Waals surface area contributed by atoms with E-state index >= 15 is 0 Å². The summed E-state index contributed by atoms with van der Waals surface area (Å²) in [6.45, 7) is 5.31. The maximum absolute atomic E-state index is 11.8. The van der Waals surface area contributed by atoms with Gasteiger partial charge in [0.15, 0.2) is 4.60 Å². The van der Waals surface area contributed by atoms with Crippen molar-refractivity contribution in [3.8, 4) is 0 Å². The molecule has 1 aromatic rings. The van der Waals surface area contributed by atoms with Gasteiger partial charge in [0.1, 0.15) is 0 Å². The van der Waals surface area contributed by atoms with E-state index in [9.17, 15) is 5.21 Å². The van der Waals surface area contributed by atoms with Crippen LogP contribution in [0.5, 0.6) is 0 Å². The van der Waals surface area contributed by atoms with Gasteiger partial charge in [-0.3, -0.25) is 0 Å². The largest absolute Gasteiger partial charge is 0.691 e. The molecule has 0 aliphatic heterocycles. The van der Waals surface area contributed by atoms with Gasteiger partial charge in [0.2, 0.25) is 4.60 Å². The number of rotatable bonds is 2. The zero-order valence-corrected chi connectivity index (χ0v) is 13.0. The molecule has 0 radical (unpaired) electrons. The van der Waals surface area contributed by atoms with Crippen molar-refractivity contribution < 1.29 is 4.86 Å². The molecule has 96 valence electrons. The molecule has 1 rings (SSSR count). The van der Waals surface area contributed by atoms with Crippen LogP contribution in [0.3, 0.4) is 0 Å². The topological polar surface area (TPSA) is 113 Å². The van der Waals surface area contributed by atoms with Crippen molar-refractivity contribution in [2.45, 2.75) is 26.3 Å². The van der Waals surface area contributed by atoms with Crippen LogP contribution in [0.25, 0.3) is 10.4 Å². The first-order valence-electron chi connectivity index (χ1n) is 4.73. The highest BCUT2D eigenvalue weighted by Crippen LogP contribution is 2.30. The second-order valence-electron chi connectivity index (χ2n) is 4.19. The van der Waals surface area contributed by atoms with Crippen LogP contribution in [0.15, 0.2) is 19.4 Å². The SMILES string of the molecule is CC(C)(C)N=[N+]([O-])c1nc(N=[N+]=[N-])c(Br)nc1Br. The number of hydrogen-bond acceptors (Lipinski definition) is 5. The first-order chi connectivity index (χ1) is 8.24. The quantitative estimate of drug-likeness (QED) is 0.250. The van der Waals surface area contributed by atoms with Crippen LogP contribution in [0.4, 0.5) is 11.6 Å². The predicted octanol–water partition coefficient (Wildman–Crippen LogP) is 4.34. The molecule has 0 aliphatic carbocycles. The van der Waals surface area contributed by atoms with E-state index in [1.165, 1.54) is 0 Å². The van der Waals surface area contributed by atoms with Crippen LogP contribution >= 0.6 is 31.9 Å². The van der Waals surface area contributed by atoms with Gasteiger partial charge in [-0.2, -0.15) is 0 Å². The predicted molar refractivity (Wildman–Crippen MR) is 71.7 cm³/mol. The average molecular weight is 379 g/mol. The summed E-state index contributed by atoms with van der Waals surface area (Å²) in [5.74, 6) is -0.101. The second-order valence-corrected chi connectivity index (χ2v) is 5.69. The first-order valence-corrected chi connectivity index (χ1v) is 6.31. The molecule has 18 heavy (non-hydrogen) atoms. The van der Waals surface area contributed by atoms with Crippen LogP contribution in [0.2, 0.25) is 0 Å². The van der Waals surface area contributed by atoms with Crippen LogP contribution in [0.1, 0.15) is 20.8 Å². The van der Waals surface area contributed by atoms with Crippen LogP contribution in [0, 0.1) is 5.21 Å². The van der Waals surface area contributed by atoms with Gasteiger partial charge in [0, 0.05) is 4.91 Å². The van der Waals surface area contributed by atoms with Gasteiger partial charge in [-0.25, -0.2) is 4.98 Å². The molecular formula is C8H9Br2N7O. The van der Waals surface area contributed by atoms with Crippen molar-refractivity contribution >= 4 is 43.5 Å². The van der Waals surface area contributed by atoms with Crippen LogP contribution < -0.4 is 0 Å². The highest BCUT2D eigenvalue weighted by Gasteiger charge is 2.21. The standard InChI is InChI=1S/C8H9Br2N7O/c1-8(2,3)15-17(18)7-5(10)12-4(9)6(13-7)14-16-11/h1-3H3. The molecule has 0 saturated heterocycles. The van der Waals surface area contributed by atoms with Crippen molar-refractivity contribution in [3.63, 3.8) is 0 Å². The van der Waals surface area contributed by atoms with E-state index in [4.69, 9.17) is 5.53 Å². The molecule has 0 amide bonds. The Labute approximate surface area is 120 Å². The van der Waals surface area contributed by atoms with Crippen molar-refractivity contribution in [1.29, 1.82) is 0 Å². The zero-order valence-electron chi connectivity index (χ0n) is 9.79. The number of azo groups is 1. The van der Waals surface area contributed by atoms with Gasteiger partial charge in [-0.1, -0.05) is 0 Å². The molecule has 1 heterocycles. The van der Waals surface area contributed by atoms with E-state index in [0.29, 0.717) is 4.86 Å². The number of halogens is 2. The van der Waals surface area contributed by atoms with Gasteiger partial charge >= 0.3 is 5.82 Å². The minimum Gasteiger partial charge on any atom is -0.691 e. The fraction of sp³-hybridized carbons (Fsp3) is 0.500. The third kappa shape index (κ3) is 3.90. The molecule has 0 unspecified atom stereocenters. The molecule has 0 atom stereocenters. The molecule has 0 N–H and O–H groups in total. The summed E-state index contributed by atoms with van der Waals surface area (Å²) in [6, 6.07) is 0. The van der Waals surface area contributed by atoms with Crippen LogP contribution in [-0.4, -0.2) is 20.4 Å². The molecule has 0 bridgehead atoms. The third-order valence-corrected chi connectivity index (χ3v) is 2.55. The Hall–Kier alpha value is -1.25. The lowest BCUT2D eigenvalue weighted by atomic mass is 10.1. The summed E-state index contributed by atoms with van der Waals surface area (Å²) in [4.78, 5) is 10.8. The zero-order chi connectivity index (χ0) is 13.9. The number of azide groups is 1. The lowest BCUT2D eigenvalue weighted by Gasteiger charge is -2.13. The Balaban J connectivity index is 3.37. The van der Waals surface area contributed by atoms with Crippen molar-refractivity contribution in [1.82, 2.24) is 9.97 Å². The second kappa shape index (κ2) is 5.59. The Bertz CT molecular complexity index is 545. The molecular weight excluding hydrogens is 370 g/mol. The fourth-order valence-corrected chi connectivity index (χ4v) is 1.93. The highest BCUT2D eigenvalue weighted by molar-refractivity contribution is 9.11. The highest BCUT2D eigenvalue weighted by atomic mass is 79.9. The molecule has 0 aliphatic rings. The Kier molecular flexibility index (Phi) is 4.60. The Morgan fingerprint density at radius 1 is 1.28 bits per heavy atom. The molecule has 0 fully saturated rings. The maximum Gasteiger partial charge on any atom is 0.380 e. The average Bonchev–Trinajstić information content (AvgIpc) is 2.19. The monoisotopic (exact) mass is 377 g/mol. The summed E-state index contributed by atoms with van der Waals surface area (Å²) in [5.41, 5.74) is 7.81. The number of hydrogen-bond donors (Lipinski definition) is 0. The number of nitrogens with zero attached hydrogens (tertiary/aromatic N) is 7. The molecule has 0 spiro atoms. The van der Waals surface area contributed by atoms with Gasteiger partial charge in [-0.05, 0) is 68.3 Å². The van der Waals surface area contributed by atoms with Gasteiger partial charge in [0.25, 0.3) is 5.82 Å². The summed E-state index contributed by atoms with van der Waals surface area (Å²) in [5, 5.41) is 19.0. The summed E-state index contributed by atoms with van der Waals surface area (Å²) in [7, 11) is 0. The molecule has 10 heteroatoms. The van der Waals surface area contributed by atoms with E-state index < -0.39 is 5.54 Å². The van der Waals surface area contributed by atoms with Crippen molar-refractivity contribution in [2.24, 2.45) is 10.2 Å². The van der Waals surface area contributed by atoms with Crippen molar-refractivity contribution in [2.75, 3.05) is 0 Å². The van der Waals surface area contributed by atoms with E-state index in [-0.39, 0.29) is 20.8 Å². The summed E-state index contributed by atoms with van der Waals surface area (Å²) in [6.07, 6.45) is 0. The van der Waals surface area contributed by atoms with Crippen LogP contribution in [-0.2, 0) is 0 Å². The lowest BCUT2D eigenvalue weighted by molar-refractivity contribution is -0.454. The lowest BCUT2D eigenvalue weighted by Crippen LogP contribution is -2.13. The van der Waals surface area contributed by atoms with E-state index in [1.54, 1.807) is 20.8 Å².